The van der Waals surface area contributed by atoms with Gasteiger partial charge in [0.25, 0.3) is 5.69 Å². The quantitative estimate of drug-likeness (QED) is 0.609. The first kappa shape index (κ1) is 14.5. The van der Waals surface area contributed by atoms with Gasteiger partial charge in [0.05, 0.1) is 4.92 Å². The molecule has 1 aromatic carbocycles. The molecule has 0 spiro atoms. The number of anilines is 1. The second-order valence-corrected chi connectivity index (χ2v) is 5.11. The first-order valence-electron chi connectivity index (χ1n) is 6.45. The highest BCUT2D eigenvalue weighted by atomic mass is 16.6. The van der Waals surface area contributed by atoms with Crippen molar-refractivity contribution in [3.05, 3.63) is 33.9 Å². The predicted octanol–water partition coefficient (Wildman–Crippen LogP) is 4.14. The Labute approximate surface area is 109 Å². The monoisotopic (exact) mass is 250 g/mol. The molecule has 0 aliphatic carbocycles. The summed E-state index contributed by atoms with van der Waals surface area (Å²) in [7, 11) is 0. The lowest BCUT2D eigenvalue weighted by molar-refractivity contribution is -0.384. The van der Waals surface area contributed by atoms with Crippen LogP contribution < -0.4 is 5.32 Å². The Balaban J connectivity index is 2.75. The lowest BCUT2D eigenvalue weighted by Gasteiger charge is -2.18. The molecule has 4 nitrogen and oxygen atoms in total. The van der Waals surface area contributed by atoms with Gasteiger partial charge in [-0.15, -0.1) is 0 Å². The van der Waals surface area contributed by atoms with Crippen molar-refractivity contribution in [3.63, 3.8) is 0 Å². The van der Waals surface area contributed by atoms with E-state index < -0.39 is 0 Å². The fraction of sp³-hybridized carbons (Fsp3) is 0.571. The van der Waals surface area contributed by atoms with Crippen LogP contribution in [0.1, 0.15) is 39.2 Å². The summed E-state index contributed by atoms with van der Waals surface area (Å²) in [6, 6.07) is 5.45. The van der Waals surface area contributed by atoms with Crippen LogP contribution in [-0.2, 0) is 0 Å². The van der Waals surface area contributed by atoms with Crippen molar-refractivity contribution in [3.8, 4) is 0 Å². The zero-order valence-electron chi connectivity index (χ0n) is 11.6. The number of hydrogen-bond donors (Lipinski definition) is 1. The van der Waals surface area contributed by atoms with Crippen molar-refractivity contribution in [2.45, 2.75) is 46.6 Å². The summed E-state index contributed by atoms with van der Waals surface area (Å²) in [5.41, 5.74) is 1.88. The van der Waals surface area contributed by atoms with E-state index in [9.17, 15) is 10.1 Å². The Morgan fingerprint density at radius 3 is 2.56 bits per heavy atom. The number of non-ortho nitro benzene ring substituents is 1. The molecule has 0 saturated carbocycles. The van der Waals surface area contributed by atoms with Crippen LogP contribution in [0.25, 0.3) is 0 Å². The second kappa shape index (κ2) is 6.38. The fourth-order valence-corrected chi connectivity index (χ4v) is 2.07. The van der Waals surface area contributed by atoms with Crippen LogP contribution in [0.4, 0.5) is 11.4 Å². The SMILES string of the molecule is CCC(C)CC(C)Nc1cc(C)cc([N+](=O)[O-])c1. The number of hydrogen-bond acceptors (Lipinski definition) is 3. The van der Waals surface area contributed by atoms with E-state index in [1.165, 1.54) is 0 Å². The highest BCUT2D eigenvalue weighted by Gasteiger charge is 2.11. The lowest BCUT2D eigenvalue weighted by Crippen LogP contribution is -2.18. The standard InChI is InChI=1S/C14H22N2O2/c1-5-10(2)6-12(4)15-13-7-11(3)8-14(9-13)16(17)18/h7-10,12,15H,5-6H2,1-4H3. The Hall–Kier alpha value is -1.58. The summed E-state index contributed by atoms with van der Waals surface area (Å²) in [6.45, 7) is 8.38. The number of aryl methyl sites for hydroxylation is 1. The van der Waals surface area contributed by atoms with Gasteiger partial charge in [0.2, 0.25) is 0 Å². The van der Waals surface area contributed by atoms with Crippen LogP contribution in [0, 0.1) is 23.0 Å². The minimum Gasteiger partial charge on any atom is -0.382 e. The van der Waals surface area contributed by atoms with Crippen LogP contribution in [0.2, 0.25) is 0 Å². The average molecular weight is 250 g/mol. The van der Waals surface area contributed by atoms with E-state index in [2.05, 4.69) is 26.1 Å². The zero-order chi connectivity index (χ0) is 13.7. The number of nitrogens with one attached hydrogen (secondary N) is 1. The van der Waals surface area contributed by atoms with Gasteiger partial charge in [0.1, 0.15) is 0 Å². The first-order valence-corrected chi connectivity index (χ1v) is 6.45. The van der Waals surface area contributed by atoms with Crippen molar-refractivity contribution >= 4 is 11.4 Å². The Kier molecular flexibility index (Phi) is 5.13. The Bertz CT molecular complexity index is 418. The maximum absolute atomic E-state index is 10.8. The minimum absolute atomic E-state index is 0.147. The molecule has 0 aliphatic heterocycles. The molecule has 100 valence electrons. The summed E-state index contributed by atoms with van der Waals surface area (Å²) in [6.07, 6.45) is 2.22. The molecule has 1 N–H and O–H groups in total. The van der Waals surface area contributed by atoms with Crippen molar-refractivity contribution in [1.82, 2.24) is 0 Å². The van der Waals surface area contributed by atoms with Crippen LogP contribution in [0.15, 0.2) is 18.2 Å². The van der Waals surface area contributed by atoms with Gasteiger partial charge in [-0.2, -0.15) is 0 Å². The average Bonchev–Trinajstić information content (AvgIpc) is 2.27. The van der Waals surface area contributed by atoms with Crippen molar-refractivity contribution in [2.75, 3.05) is 5.32 Å². The van der Waals surface area contributed by atoms with E-state index in [1.54, 1.807) is 12.1 Å². The predicted molar refractivity (Wildman–Crippen MR) is 75.0 cm³/mol. The number of benzene rings is 1. The molecule has 0 heterocycles. The van der Waals surface area contributed by atoms with E-state index in [4.69, 9.17) is 0 Å². The maximum atomic E-state index is 10.8. The summed E-state index contributed by atoms with van der Waals surface area (Å²) in [5.74, 6) is 0.660. The third-order valence-corrected chi connectivity index (χ3v) is 3.14. The van der Waals surface area contributed by atoms with Gasteiger partial charge in [-0.3, -0.25) is 10.1 Å². The van der Waals surface area contributed by atoms with E-state index in [1.807, 2.05) is 13.0 Å². The van der Waals surface area contributed by atoms with Gasteiger partial charge in [0.15, 0.2) is 0 Å². The lowest BCUT2D eigenvalue weighted by atomic mass is 10.00. The molecule has 0 radical (unpaired) electrons. The van der Waals surface area contributed by atoms with E-state index in [0.29, 0.717) is 12.0 Å². The molecule has 0 amide bonds. The van der Waals surface area contributed by atoms with Crippen LogP contribution in [0.3, 0.4) is 0 Å². The van der Waals surface area contributed by atoms with Gasteiger partial charge >= 0.3 is 0 Å². The summed E-state index contributed by atoms with van der Waals surface area (Å²) < 4.78 is 0. The van der Waals surface area contributed by atoms with Crippen LogP contribution in [0.5, 0.6) is 0 Å². The van der Waals surface area contributed by atoms with Crippen molar-refractivity contribution in [2.24, 2.45) is 5.92 Å². The molecule has 1 aromatic rings. The number of rotatable bonds is 6. The van der Waals surface area contributed by atoms with E-state index in [0.717, 1.165) is 24.1 Å². The van der Waals surface area contributed by atoms with Crippen molar-refractivity contribution in [1.29, 1.82) is 0 Å². The summed E-state index contributed by atoms with van der Waals surface area (Å²) >= 11 is 0. The maximum Gasteiger partial charge on any atom is 0.271 e. The smallest absolute Gasteiger partial charge is 0.271 e. The van der Waals surface area contributed by atoms with E-state index >= 15 is 0 Å². The normalized spacial score (nSPS) is 14.0. The molecule has 2 atom stereocenters. The molecule has 18 heavy (non-hydrogen) atoms. The fourth-order valence-electron chi connectivity index (χ4n) is 2.07. The van der Waals surface area contributed by atoms with Crippen LogP contribution in [-0.4, -0.2) is 11.0 Å². The molecule has 2 unspecified atom stereocenters. The van der Waals surface area contributed by atoms with Gasteiger partial charge in [0, 0.05) is 23.9 Å². The summed E-state index contributed by atoms with van der Waals surface area (Å²) in [5, 5.41) is 14.1. The molecule has 0 bridgehead atoms. The molecule has 0 fully saturated rings. The summed E-state index contributed by atoms with van der Waals surface area (Å²) in [4.78, 5) is 10.4. The topological polar surface area (TPSA) is 55.2 Å². The highest BCUT2D eigenvalue weighted by Crippen LogP contribution is 2.22. The number of nitro groups is 1. The first-order chi connectivity index (χ1) is 8.42. The number of nitrogens with zero attached hydrogens (tertiary/aromatic N) is 1. The molecule has 0 saturated heterocycles. The highest BCUT2D eigenvalue weighted by molar-refractivity contribution is 5.54. The number of nitro benzene ring substituents is 1. The largest absolute Gasteiger partial charge is 0.382 e. The van der Waals surface area contributed by atoms with Gasteiger partial charge in [-0.25, -0.2) is 0 Å². The Morgan fingerprint density at radius 1 is 1.33 bits per heavy atom. The van der Waals surface area contributed by atoms with E-state index in [-0.39, 0.29) is 10.6 Å². The third-order valence-electron chi connectivity index (χ3n) is 3.14. The second-order valence-electron chi connectivity index (χ2n) is 5.11. The third kappa shape index (κ3) is 4.35. The zero-order valence-corrected chi connectivity index (χ0v) is 11.6. The molecular formula is C14H22N2O2. The molecule has 0 aromatic heterocycles. The Morgan fingerprint density at radius 2 is 2.00 bits per heavy atom. The minimum atomic E-state index is -0.350. The van der Waals surface area contributed by atoms with Gasteiger partial charge < -0.3 is 5.32 Å². The molecule has 4 heteroatoms. The van der Waals surface area contributed by atoms with Crippen molar-refractivity contribution < 1.29 is 4.92 Å². The molecule has 0 aliphatic rings. The molecular weight excluding hydrogens is 228 g/mol. The van der Waals surface area contributed by atoms with Gasteiger partial charge in [-0.05, 0) is 37.8 Å². The van der Waals surface area contributed by atoms with Gasteiger partial charge in [-0.1, -0.05) is 20.3 Å². The molecule has 1 rings (SSSR count). The van der Waals surface area contributed by atoms with Crippen LogP contribution >= 0.6 is 0 Å².